The van der Waals surface area contributed by atoms with Gasteiger partial charge in [-0.3, -0.25) is 14.6 Å². The van der Waals surface area contributed by atoms with Crippen LogP contribution in [-0.2, 0) is 25.5 Å². The number of fused-ring (bicyclic) bond motifs is 6. The highest BCUT2D eigenvalue weighted by molar-refractivity contribution is 6.06. The monoisotopic (exact) mass is 771 g/mol. The molecular formula is C44H49N7O6. The molecule has 57 heavy (non-hydrogen) atoms. The first-order chi connectivity index (χ1) is 27.5. The summed E-state index contributed by atoms with van der Waals surface area (Å²) in [6, 6.07) is 17.9. The Kier molecular flexibility index (Phi) is 9.28. The van der Waals surface area contributed by atoms with Crippen molar-refractivity contribution in [3.05, 3.63) is 72.2 Å². The number of hydrogen-bond donors (Lipinski definition) is 3. The number of carbonyl (C=O) groups is 4. The van der Waals surface area contributed by atoms with Crippen molar-refractivity contribution < 1.29 is 28.7 Å². The van der Waals surface area contributed by atoms with Crippen LogP contribution >= 0.6 is 0 Å². The summed E-state index contributed by atoms with van der Waals surface area (Å²) in [6.07, 6.45) is 6.16. The number of aromatic amines is 1. The molecule has 4 heterocycles. The van der Waals surface area contributed by atoms with Gasteiger partial charge in [0.05, 0.1) is 43.9 Å². The Balaban J connectivity index is 0.899. The number of methoxy groups -OCH3 is 2. The van der Waals surface area contributed by atoms with E-state index in [9.17, 15) is 19.2 Å². The minimum Gasteiger partial charge on any atom is -0.453 e. The van der Waals surface area contributed by atoms with Crippen molar-refractivity contribution in [2.24, 2.45) is 22.7 Å². The van der Waals surface area contributed by atoms with Crippen LogP contribution in [0.5, 0.6) is 0 Å². The van der Waals surface area contributed by atoms with Crippen molar-refractivity contribution in [3.8, 4) is 22.4 Å². The lowest BCUT2D eigenvalue weighted by atomic mass is 9.94. The predicted octanol–water partition coefficient (Wildman–Crippen LogP) is 6.69. The van der Waals surface area contributed by atoms with E-state index in [0.717, 1.165) is 82.5 Å². The fourth-order valence-electron chi connectivity index (χ4n) is 10.0. The molecule has 0 radical (unpaired) electrons. The molecule has 4 fully saturated rings. The van der Waals surface area contributed by atoms with Gasteiger partial charge in [-0.2, -0.15) is 0 Å². The number of H-pyrrole nitrogens is 1. The third-order valence-corrected chi connectivity index (χ3v) is 13.0. The largest absolute Gasteiger partial charge is 0.453 e. The van der Waals surface area contributed by atoms with E-state index < -0.39 is 24.3 Å². The number of carbonyl (C=O) groups excluding carboxylic acids is 4. The van der Waals surface area contributed by atoms with Gasteiger partial charge in [0.2, 0.25) is 11.8 Å². The molecule has 4 aromatic rings. The van der Waals surface area contributed by atoms with Crippen molar-refractivity contribution in [3.63, 3.8) is 0 Å². The third kappa shape index (κ3) is 6.50. The number of aliphatic imine (C=N–C) groups is 1. The smallest absolute Gasteiger partial charge is 0.407 e. The third-order valence-electron chi connectivity index (χ3n) is 13.0. The lowest BCUT2D eigenvalue weighted by Gasteiger charge is -2.37. The molecule has 3 aromatic carbocycles. The van der Waals surface area contributed by atoms with Crippen LogP contribution in [0.2, 0.25) is 0 Å². The predicted molar refractivity (Wildman–Crippen MR) is 215 cm³/mol. The van der Waals surface area contributed by atoms with E-state index in [0.29, 0.717) is 18.3 Å². The van der Waals surface area contributed by atoms with Crippen LogP contribution in [0, 0.1) is 17.8 Å². The highest BCUT2D eigenvalue weighted by Gasteiger charge is 2.56. The van der Waals surface area contributed by atoms with Gasteiger partial charge in [0.1, 0.15) is 17.9 Å². The van der Waals surface area contributed by atoms with Crippen molar-refractivity contribution >= 4 is 46.2 Å². The van der Waals surface area contributed by atoms with Crippen molar-refractivity contribution in [2.45, 2.75) is 95.5 Å². The molecule has 4 amide bonds. The molecule has 9 rings (SSSR count). The molecule has 3 N–H and O–H groups in total. The minimum atomic E-state index is -0.679. The topological polar surface area (TPSA) is 158 Å². The summed E-state index contributed by atoms with van der Waals surface area (Å²) < 4.78 is 9.55. The zero-order valence-electron chi connectivity index (χ0n) is 33.0. The molecule has 2 saturated heterocycles. The Morgan fingerprint density at radius 1 is 0.807 bits per heavy atom. The number of rotatable bonds is 9. The summed E-state index contributed by atoms with van der Waals surface area (Å²) in [4.78, 5) is 68.8. The number of piperidine rings is 2. The summed E-state index contributed by atoms with van der Waals surface area (Å²) in [6.45, 7) is 5.57. The van der Waals surface area contributed by atoms with Crippen LogP contribution in [0.15, 0.2) is 65.8 Å². The van der Waals surface area contributed by atoms with Crippen molar-refractivity contribution in [2.75, 3.05) is 14.2 Å². The molecule has 13 heteroatoms. The number of nitrogens with zero attached hydrogens (tertiary/aromatic N) is 4. The zero-order chi connectivity index (χ0) is 39.7. The Morgan fingerprint density at radius 3 is 2.30 bits per heavy atom. The molecule has 0 unspecified atom stereocenters. The lowest BCUT2D eigenvalue weighted by Crippen LogP contribution is -2.54. The van der Waals surface area contributed by atoms with Gasteiger partial charge < -0.3 is 34.9 Å². The molecule has 2 aliphatic carbocycles. The number of nitrogens with one attached hydrogen (secondary N) is 3. The first kappa shape index (κ1) is 36.9. The molecule has 2 bridgehead atoms. The minimum absolute atomic E-state index is 0.0726. The van der Waals surface area contributed by atoms with Gasteiger partial charge >= 0.3 is 12.2 Å². The Morgan fingerprint density at radius 2 is 1.54 bits per heavy atom. The van der Waals surface area contributed by atoms with Crippen LogP contribution in [0.1, 0.15) is 70.3 Å². The van der Waals surface area contributed by atoms with Gasteiger partial charge in [0.15, 0.2) is 0 Å². The van der Waals surface area contributed by atoms with Crippen molar-refractivity contribution in [1.29, 1.82) is 0 Å². The van der Waals surface area contributed by atoms with Crippen LogP contribution in [0.3, 0.4) is 0 Å². The maximum absolute atomic E-state index is 14.0. The second-order valence-electron chi connectivity index (χ2n) is 16.7. The summed E-state index contributed by atoms with van der Waals surface area (Å²) in [5.41, 5.74) is 7.24. The van der Waals surface area contributed by atoms with Crippen LogP contribution in [-0.4, -0.2) is 93.9 Å². The van der Waals surface area contributed by atoms with E-state index in [1.165, 1.54) is 19.8 Å². The highest BCUT2D eigenvalue weighted by Crippen LogP contribution is 2.51. The van der Waals surface area contributed by atoms with Crippen LogP contribution in [0.4, 0.5) is 15.3 Å². The zero-order valence-corrected chi connectivity index (χ0v) is 33.0. The number of amides is 4. The second kappa shape index (κ2) is 14.3. The average molecular weight is 772 g/mol. The summed E-state index contributed by atoms with van der Waals surface area (Å²) in [7, 11) is 2.61. The lowest BCUT2D eigenvalue weighted by molar-refractivity contribution is -0.139. The van der Waals surface area contributed by atoms with Gasteiger partial charge in [-0.25, -0.2) is 14.6 Å². The Labute approximate surface area is 331 Å². The van der Waals surface area contributed by atoms with E-state index in [-0.39, 0.29) is 41.9 Å². The first-order valence-electron chi connectivity index (χ1n) is 20.1. The highest BCUT2D eigenvalue weighted by atomic mass is 16.5. The van der Waals surface area contributed by atoms with E-state index >= 15 is 0 Å². The summed E-state index contributed by atoms with van der Waals surface area (Å²) in [5.74, 6) is 1.30. The molecular weight excluding hydrogens is 723 g/mol. The second-order valence-corrected chi connectivity index (χ2v) is 16.7. The summed E-state index contributed by atoms with van der Waals surface area (Å²) >= 11 is 0. The molecule has 0 spiro atoms. The molecule has 5 aliphatic rings. The van der Waals surface area contributed by atoms with E-state index in [2.05, 4.69) is 70.2 Å². The standard InChI is InChI=1S/C44H49N7O6/c1-22(2)38(49-44(55)57-5)42(53)50-30-13-10-28(17-30)39(50)40-45-21-35(48-40)25-8-6-24(7-9-25)26-11-14-31-27(16-26)12-15-33-32(31)20-34(47-33)37-19-29-18-36(29)51(37)41(52)23(3)46-43(54)56-4/h6-9,11-12,14-16,21-23,28-30,36-39H,10,13,17-20H2,1-5H3,(H,45,48)(H,46,54)(H,49,55)/t23-,28-,29+,30+,36+,37-,38-,39-/m0/s1. The maximum atomic E-state index is 14.0. The number of benzene rings is 3. The fourth-order valence-corrected chi connectivity index (χ4v) is 10.0. The van der Waals surface area contributed by atoms with E-state index in [1.54, 1.807) is 6.92 Å². The normalized spacial score (nSPS) is 25.2. The van der Waals surface area contributed by atoms with E-state index in [1.807, 2.05) is 29.8 Å². The molecule has 2 saturated carbocycles. The number of aromatic nitrogens is 2. The van der Waals surface area contributed by atoms with Gasteiger partial charge in [0.25, 0.3) is 0 Å². The maximum Gasteiger partial charge on any atom is 0.407 e. The van der Waals surface area contributed by atoms with Gasteiger partial charge in [-0.15, -0.1) is 0 Å². The van der Waals surface area contributed by atoms with E-state index in [4.69, 9.17) is 19.5 Å². The quantitative estimate of drug-likeness (QED) is 0.171. The number of alkyl carbamates (subject to hydrolysis) is 2. The molecule has 296 valence electrons. The molecule has 13 nitrogen and oxygen atoms in total. The average Bonchev–Trinajstić information content (AvgIpc) is 3.83. The Bertz CT molecular complexity index is 2300. The molecule has 1 aromatic heterocycles. The molecule has 8 atom stereocenters. The number of likely N-dealkylation sites (tertiary alicyclic amines) is 2. The van der Waals surface area contributed by atoms with Gasteiger partial charge in [-0.1, -0.05) is 56.3 Å². The summed E-state index contributed by atoms with van der Waals surface area (Å²) in [5, 5.41) is 7.69. The first-order valence-corrected chi connectivity index (χ1v) is 20.1. The van der Waals surface area contributed by atoms with Gasteiger partial charge in [-0.05, 0) is 102 Å². The number of hydrogen-bond acceptors (Lipinski definition) is 8. The number of ether oxygens (including phenoxy) is 2. The fraction of sp³-hybridized carbons (Fsp3) is 0.455. The number of imidazole rings is 1. The van der Waals surface area contributed by atoms with Gasteiger partial charge in [0, 0.05) is 24.2 Å². The van der Waals surface area contributed by atoms with Crippen LogP contribution in [0.25, 0.3) is 33.2 Å². The SMILES string of the molecule is COC(=O)N[C@@H](C)C(=O)N1[C@@H]2C[C@@H]2C[C@H]1C1=Nc2ccc3cc(-c4ccc(-c5cnc([C@@H]6[C@H]7CC[C@H](C7)N6C(=O)[C@@H](NC(=O)OC)C(C)C)[nH]5)cc4)ccc3c2C1. The molecule has 3 aliphatic heterocycles. The Hall–Kier alpha value is -5.72. The van der Waals surface area contributed by atoms with Crippen molar-refractivity contribution in [1.82, 2.24) is 30.4 Å². The van der Waals surface area contributed by atoms with Crippen LogP contribution < -0.4 is 10.6 Å².